The van der Waals surface area contributed by atoms with Crippen molar-refractivity contribution >= 4 is 18.3 Å². The van der Waals surface area contributed by atoms with E-state index in [1.54, 1.807) is 0 Å². The Balaban J connectivity index is 0.00000162. The molecule has 1 saturated heterocycles. The minimum atomic E-state index is 0. The fourth-order valence-corrected chi connectivity index (χ4v) is 3.57. The molecular formula is C14H27ClN2O. The molecule has 4 heteroatoms. The molecule has 0 spiro atoms. The molecule has 18 heavy (non-hydrogen) atoms. The van der Waals surface area contributed by atoms with Crippen LogP contribution in [0.2, 0.25) is 0 Å². The van der Waals surface area contributed by atoms with E-state index in [2.05, 4.69) is 10.2 Å². The predicted octanol–water partition coefficient (Wildman–Crippen LogP) is 2.44. The lowest BCUT2D eigenvalue weighted by Gasteiger charge is -2.45. The Labute approximate surface area is 117 Å². The molecule has 1 aliphatic carbocycles. The number of hydrogen-bond donors (Lipinski definition) is 1. The zero-order chi connectivity index (χ0) is 12.3. The van der Waals surface area contributed by atoms with Crippen molar-refractivity contribution < 1.29 is 4.79 Å². The quantitative estimate of drug-likeness (QED) is 0.857. The number of amides is 1. The van der Waals surface area contributed by atoms with Gasteiger partial charge >= 0.3 is 0 Å². The minimum absolute atomic E-state index is 0. The number of carbonyl (C=O) groups excluding carboxylic acids is 1. The van der Waals surface area contributed by atoms with Crippen LogP contribution in [0.25, 0.3) is 0 Å². The van der Waals surface area contributed by atoms with Crippen molar-refractivity contribution in [2.75, 3.05) is 20.1 Å². The van der Waals surface area contributed by atoms with Crippen LogP contribution in [0.5, 0.6) is 0 Å². The van der Waals surface area contributed by atoms with Gasteiger partial charge in [0.2, 0.25) is 5.91 Å². The van der Waals surface area contributed by atoms with Crippen molar-refractivity contribution in [3.05, 3.63) is 0 Å². The molecule has 3 nitrogen and oxygen atoms in total. The molecule has 0 bridgehead atoms. The zero-order valence-corrected chi connectivity index (χ0v) is 12.5. The van der Waals surface area contributed by atoms with E-state index in [1.807, 2.05) is 14.0 Å². The van der Waals surface area contributed by atoms with Crippen molar-refractivity contribution in [3.63, 3.8) is 0 Å². The first-order chi connectivity index (χ1) is 8.24. The molecule has 3 unspecified atom stereocenters. The fraction of sp³-hybridized carbons (Fsp3) is 0.929. The van der Waals surface area contributed by atoms with Crippen LogP contribution < -0.4 is 5.32 Å². The first-order valence-electron chi connectivity index (χ1n) is 7.19. The van der Waals surface area contributed by atoms with E-state index in [-0.39, 0.29) is 18.3 Å². The molecule has 0 aromatic carbocycles. The summed E-state index contributed by atoms with van der Waals surface area (Å²) in [6.07, 6.45) is 7.81. The lowest BCUT2D eigenvalue weighted by atomic mass is 9.78. The number of hydrogen-bond acceptors (Lipinski definition) is 2. The van der Waals surface area contributed by atoms with Crippen LogP contribution in [0.15, 0.2) is 0 Å². The Morgan fingerprint density at radius 2 is 1.94 bits per heavy atom. The monoisotopic (exact) mass is 274 g/mol. The van der Waals surface area contributed by atoms with Gasteiger partial charge in [0.1, 0.15) is 0 Å². The summed E-state index contributed by atoms with van der Waals surface area (Å²) < 4.78 is 0. The molecule has 1 N–H and O–H groups in total. The van der Waals surface area contributed by atoms with Gasteiger partial charge in [-0.3, -0.25) is 4.79 Å². The van der Waals surface area contributed by atoms with Crippen molar-refractivity contribution in [3.8, 4) is 0 Å². The van der Waals surface area contributed by atoms with Crippen LogP contribution in [0.1, 0.15) is 45.4 Å². The van der Waals surface area contributed by atoms with Crippen molar-refractivity contribution in [1.82, 2.24) is 10.2 Å². The third-order valence-electron chi connectivity index (χ3n) is 4.46. The highest BCUT2D eigenvalue weighted by Crippen LogP contribution is 2.35. The molecule has 0 radical (unpaired) electrons. The number of piperidine rings is 1. The topological polar surface area (TPSA) is 32.3 Å². The summed E-state index contributed by atoms with van der Waals surface area (Å²) in [4.78, 5) is 14.6. The Bertz CT molecular complexity index is 271. The summed E-state index contributed by atoms with van der Waals surface area (Å²) in [6.45, 7) is 3.84. The number of nitrogens with zero attached hydrogens (tertiary/aromatic N) is 1. The van der Waals surface area contributed by atoms with Gasteiger partial charge < -0.3 is 10.2 Å². The van der Waals surface area contributed by atoms with Gasteiger partial charge in [-0.25, -0.2) is 0 Å². The molecule has 2 aliphatic rings. The number of carbonyl (C=O) groups is 1. The average molecular weight is 275 g/mol. The number of likely N-dealkylation sites (tertiary alicyclic amines) is 1. The average Bonchev–Trinajstić information content (AvgIpc) is 2.37. The third kappa shape index (κ3) is 3.39. The third-order valence-corrected chi connectivity index (χ3v) is 4.46. The van der Waals surface area contributed by atoms with Gasteiger partial charge in [0.15, 0.2) is 0 Å². The van der Waals surface area contributed by atoms with Gasteiger partial charge in [0.25, 0.3) is 0 Å². The largest absolute Gasteiger partial charge is 0.339 e. The number of rotatable bonds is 3. The van der Waals surface area contributed by atoms with Gasteiger partial charge in [0.05, 0.1) is 0 Å². The van der Waals surface area contributed by atoms with Gasteiger partial charge in [-0.05, 0) is 38.6 Å². The Hall–Kier alpha value is -0.280. The highest BCUT2D eigenvalue weighted by Gasteiger charge is 2.36. The van der Waals surface area contributed by atoms with Gasteiger partial charge in [0, 0.05) is 25.0 Å². The molecular weight excluding hydrogens is 248 g/mol. The van der Waals surface area contributed by atoms with E-state index in [0.717, 1.165) is 19.0 Å². The van der Waals surface area contributed by atoms with E-state index in [1.165, 1.54) is 38.5 Å². The predicted molar refractivity (Wildman–Crippen MR) is 77.0 cm³/mol. The van der Waals surface area contributed by atoms with Gasteiger partial charge in [-0.15, -0.1) is 12.4 Å². The number of fused-ring (bicyclic) bond motifs is 1. The maximum atomic E-state index is 12.4. The number of halogens is 1. The molecule has 106 valence electrons. The van der Waals surface area contributed by atoms with E-state index in [4.69, 9.17) is 0 Å². The normalized spacial score (nSPS) is 29.1. The highest BCUT2D eigenvalue weighted by molar-refractivity contribution is 5.85. The maximum Gasteiger partial charge on any atom is 0.226 e. The molecule has 0 aromatic rings. The van der Waals surface area contributed by atoms with Crippen molar-refractivity contribution in [2.24, 2.45) is 11.8 Å². The van der Waals surface area contributed by atoms with Gasteiger partial charge in [-0.2, -0.15) is 0 Å². The van der Waals surface area contributed by atoms with E-state index in [0.29, 0.717) is 11.9 Å². The van der Waals surface area contributed by atoms with Crippen LogP contribution in [0.3, 0.4) is 0 Å². The number of nitrogens with one attached hydrogen (secondary N) is 1. The maximum absolute atomic E-state index is 12.4. The highest BCUT2D eigenvalue weighted by atomic mass is 35.5. The first kappa shape index (κ1) is 15.8. The molecule has 1 aliphatic heterocycles. The molecule has 2 fully saturated rings. The van der Waals surface area contributed by atoms with Crippen LogP contribution in [0.4, 0.5) is 0 Å². The summed E-state index contributed by atoms with van der Waals surface area (Å²) in [6, 6.07) is 0.560. The lowest BCUT2D eigenvalue weighted by molar-refractivity contribution is -0.141. The van der Waals surface area contributed by atoms with Crippen LogP contribution in [-0.4, -0.2) is 37.0 Å². The summed E-state index contributed by atoms with van der Waals surface area (Å²) in [5.41, 5.74) is 0. The van der Waals surface area contributed by atoms with Crippen LogP contribution in [-0.2, 0) is 4.79 Å². The van der Waals surface area contributed by atoms with E-state index < -0.39 is 0 Å². The first-order valence-corrected chi connectivity index (χ1v) is 7.19. The summed E-state index contributed by atoms with van der Waals surface area (Å²) >= 11 is 0. The molecule has 1 heterocycles. The Kier molecular flexibility index (Phi) is 6.44. The standard InChI is InChI=1S/C14H26N2O.ClH/c1-11(10-15-2)14(17)16-9-5-7-12-6-3-4-8-13(12)16;/h11-13,15H,3-10H2,1-2H3;1H. The molecule has 0 aromatic heterocycles. The Morgan fingerprint density at radius 3 is 2.67 bits per heavy atom. The van der Waals surface area contributed by atoms with Crippen molar-refractivity contribution in [1.29, 1.82) is 0 Å². The summed E-state index contributed by atoms with van der Waals surface area (Å²) in [5, 5.41) is 3.11. The molecule has 1 amide bonds. The minimum Gasteiger partial charge on any atom is -0.339 e. The smallest absolute Gasteiger partial charge is 0.226 e. The molecule has 1 saturated carbocycles. The molecule has 2 rings (SSSR count). The second-order valence-corrected chi connectivity index (χ2v) is 5.74. The van der Waals surface area contributed by atoms with Crippen LogP contribution in [0, 0.1) is 11.8 Å². The second-order valence-electron chi connectivity index (χ2n) is 5.74. The van der Waals surface area contributed by atoms with Gasteiger partial charge in [-0.1, -0.05) is 19.8 Å². The molecule has 3 atom stereocenters. The SMILES string of the molecule is CNCC(C)C(=O)N1CCCC2CCCCC21.Cl. The van der Waals surface area contributed by atoms with Crippen molar-refractivity contribution in [2.45, 2.75) is 51.5 Å². The summed E-state index contributed by atoms with van der Waals surface area (Å²) in [7, 11) is 1.92. The fourth-order valence-electron chi connectivity index (χ4n) is 3.57. The summed E-state index contributed by atoms with van der Waals surface area (Å²) in [5.74, 6) is 1.29. The van der Waals surface area contributed by atoms with Crippen LogP contribution >= 0.6 is 12.4 Å². The van der Waals surface area contributed by atoms with E-state index >= 15 is 0 Å². The van der Waals surface area contributed by atoms with E-state index in [9.17, 15) is 4.79 Å². The Morgan fingerprint density at radius 1 is 1.28 bits per heavy atom. The lowest BCUT2D eigenvalue weighted by Crippen LogP contribution is -2.52. The second kappa shape index (κ2) is 7.34. The zero-order valence-electron chi connectivity index (χ0n) is 11.7.